The van der Waals surface area contributed by atoms with Crippen molar-refractivity contribution in [1.29, 1.82) is 0 Å². The van der Waals surface area contributed by atoms with Crippen LogP contribution in [0.25, 0.3) is 0 Å². The van der Waals surface area contributed by atoms with Crippen LogP contribution in [-0.4, -0.2) is 37.2 Å². The van der Waals surface area contributed by atoms with E-state index in [0.29, 0.717) is 40.3 Å². The Kier molecular flexibility index (Phi) is 6.13. The van der Waals surface area contributed by atoms with E-state index < -0.39 is 0 Å². The first kappa shape index (κ1) is 19.9. The summed E-state index contributed by atoms with van der Waals surface area (Å²) >= 11 is 0. The SMILES string of the molecule is COc1ccc(OC)c(Nc2cc(C(=O)Nc3ccccc3OC)nc(C)n2)c1. The second-order valence-corrected chi connectivity index (χ2v) is 6.03. The highest BCUT2D eigenvalue weighted by Crippen LogP contribution is 2.31. The number of para-hydroxylation sites is 2. The summed E-state index contributed by atoms with van der Waals surface area (Å²) in [6.07, 6.45) is 0. The molecule has 3 rings (SSSR count). The highest BCUT2D eigenvalue weighted by Gasteiger charge is 2.14. The zero-order valence-corrected chi connectivity index (χ0v) is 16.6. The molecule has 1 aromatic heterocycles. The number of anilines is 3. The summed E-state index contributed by atoms with van der Waals surface area (Å²) < 4.78 is 15.9. The van der Waals surface area contributed by atoms with Crippen molar-refractivity contribution in [3.63, 3.8) is 0 Å². The topological polar surface area (TPSA) is 94.6 Å². The Hall–Kier alpha value is -3.81. The third-order valence-electron chi connectivity index (χ3n) is 4.10. The monoisotopic (exact) mass is 394 g/mol. The average molecular weight is 394 g/mol. The van der Waals surface area contributed by atoms with Gasteiger partial charge in [-0.15, -0.1) is 0 Å². The molecule has 0 radical (unpaired) electrons. The van der Waals surface area contributed by atoms with Crippen LogP contribution in [0.4, 0.5) is 17.2 Å². The quantitative estimate of drug-likeness (QED) is 0.629. The molecule has 0 bridgehead atoms. The molecule has 0 fully saturated rings. The van der Waals surface area contributed by atoms with Crippen LogP contribution >= 0.6 is 0 Å². The molecule has 0 saturated carbocycles. The van der Waals surface area contributed by atoms with Crippen molar-refractivity contribution >= 4 is 23.1 Å². The lowest BCUT2D eigenvalue weighted by Gasteiger charge is -2.13. The second kappa shape index (κ2) is 8.92. The number of hydrogen-bond acceptors (Lipinski definition) is 7. The maximum Gasteiger partial charge on any atom is 0.274 e. The predicted molar refractivity (Wildman–Crippen MR) is 111 cm³/mol. The van der Waals surface area contributed by atoms with E-state index in [-0.39, 0.29) is 11.6 Å². The molecule has 1 amide bonds. The van der Waals surface area contributed by atoms with Gasteiger partial charge in [0.15, 0.2) is 0 Å². The molecule has 1 heterocycles. The predicted octanol–water partition coefficient (Wildman–Crippen LogP) is 3.81. The van der Waals surface area contributed by atoms with Crippen molar-refractivity contribution in [3.05, 3.63) is 60.0 Å². The number of aromatic nitrogens is 2. The van der Waals surface area contributed by atoms with Gasteiger partial charge in [0.25, 0.3) is 5.91 Å². The first-order valence-electron chi connectivity index (χ1n) is 8.83. The molecule has 0 spiro atoms. The van der Waals surface area contributed by atoms with Gasteiger partial charge in [0, 0.05) is 12.1 Å². The molecular weight excluding hydrogens is 372 g/mol. The molecular formula is C21H22N4O4. The number of carbonyl (C=O) groups is 1. The number of hydrogen-bond donors (Lipinski definition) is 2. The minimum Gasteiger partial charge on any atom is -0.497 e. The summed E-state index contributed by atoms with van der Waals surface area (Å²) in [5, 5.41) is 5.97. The van der Waals surface area contributed by atoms with Crippen LogP contribution in [0.15, 0.2) is 48.5 Å². The maximum absolute atomic E-state index is 12.7. The summed E-state index contributed by atoms with van der Waals surface area (Å²) in [5.74, 6) is 2.36. The van der Waals surface area contributed by atoms with Crippen LogP contribution in [0.2, 0.25) is 0 Å². The minimum atomic E-state index is -0.374. The van der Waals surface area contributed by atoms with Gasteiger partial charge in [0.05, 0.1) is 32.7 Å². The number of methoxy groups -OCH3 is 3. The molecule has 2 N–H and O–H groups in total. The zero-order chi connectivity index (χ0) is 20.8. The smallest absolute Gasteiger partial charge is 0.274 e. The van der Waals surface area contributed by atoms with E-state index >= 15 is 0 Å². The highest BCUT2D eigenvalue weighted by molar-refractivity contribution is 6.04. The first-order valence-corrected chi connectivity index (χ1v) is 8.83. The number of aryl methyl sites for hydroxylation is 1. The molecule has 0 aliphatic carbocycles. The molecule has 2 aromatic carbocycles. The van der Waals surface area contributed by atoms with Crippen molar-refractivity contribution in [2.75, 3.05) is 32.0 Å². The van der Waals surface area contributed by atoms with Gasteiger partial charge in [0.2, 0.25) is 0 Å². The third-order valence-corrected chi connectivity index (χ3v) is 4.10. The molecule has 150 valence electrons. The summed E-state index contributed by atoms with van der Waals surface area (Å²) in [6.45, 7) is 1.72. The first-order chi connectivity index (χ1) is 14.0. The normalized spacial score (nSPS) is 10.2. The van der Waals surface area contributed by atoms with Gasteiger partial charge < -0.3 is 24.8 Å². The minimum absolute atomic E-state index is 0.216. The summed E-state index contributed by atoms with van der Waals surface area (Å²) in [7, 11) is 4.70. The average Bonchev–Trinajstić information content (AvgIpc) is 2.73. The molecule has 0 unspecified atom stereocenters. The van der Waals surface area contributed by atoms with Gasteiger partial charge in [-0.25, -0.2) is 9.97 Å². The summed E-state index contributed by atoms with van der Waals surface area (Å²) in [5.41, 5.74) is 1.43. The Labute approximate surface area is 168 Å². The van der Waals surface area contributed by atoms with Gasteiger partial charge >= 0.3 is 0 Å². The fourth-order valence-corrected chi connectivity index (χ4v) is 2.73. The lowest BCUT2D eigenvalue weighted by atomic mass is 10.2. The van der Waals surface area contributed by atoms with Crippen LogP contribution in [-0.2, 0) is 0 Å². The summed E-state index contributed by atoms with van der Waals surface area (Å²) in [4.78, 5) is 21.3. The molecule has 0 aliphatic rings. The van der Waals surface area contributed by atoms with Crippen molar-refractivity contribution in [2.45, 2.75) is 6.92 Å². The van der Waals surface area contributed by atoms with Crippen LogP contribution in [0, 0.1) is 6.92 Å². The Balaban J connectivity index is 1.88. The standard InChI is InChI=1S/C21H22N4O4/c1-13-22-17(21(26)25-15-7-5-6-8-18(15)28-3)12-20(23-13)24-16-11-14(27-2)9-10-19(16)29-4/h5-12H,1-4H3,(H,25,26)(H,22,23,24). The molecule has 8 nitrogen and oxygen atoms in total. The molecule has 3 aromatic rings. The highest BCUT2D eigenvalue weighted by atomic mass is 16.5. The fraction of sp³-hybridized carbons (Fsp3) is 0.190. The van der Waals surface area contributed by atoms with Gasteiger partial charge in [-0.2, -0.15) is 0 Å². The number of rotatable bonds is 7. The van der Waals surface area contributed by atoms with Crippen LogP contribution in [0.5, 0.6) is 17.2 Å². The number of benzene rings is 2. The van der Waals surface area contributed by atoms with Crippen LogP contribution < -0.4 is 24.8 Å². The van der Waals surface area contributed by atoms with E-state index in [1.807, 2.05) is 12.1 Å². The Bertz CT molecular complexity index is 1020. The Morgan fingerprint density at radius 1 is 0.862 bits per heavy atom. The van der Waals surface area contributed by atoms with Crippen molar-refractivity contribution in [2.24, 2.45) is 0 Å². The number of nitrogens with one attached hydrogen (secondary N) is 2. The van der Waals surface area contributed by atoms with Crippen molar-refractivity contribution in [3.8, 4) is 17.2 Å². The van der Waals surface area contributed by atoms with E-state index in [2.05, 4.69) is 20.6 Å². The number of amides is 1. The van der Waals surface area contributed by atoms with Crippen molar-refractivity contribution < 1.29 is 19.0 Å². The van der Waals surface area contributed by atoms with Crippen LogP contribution in [0.3, 0.4) is 0 Å². The summed E-state index contributed by atoms with van der Waals surface area (Å²) in [6, 6.07) is 14.1. The van der Waals surface area contributed by atoms with E-state index in [9.17, 15) is 4.79 Å². The molecule has 8 heteroatoms. The zero-order valence-electron chi connectivity index (χ0n) is 16.6. The van der Waals surface area contributed by atoms with E-state index in [0.717, 1.165) is 0 Å². The number of carbonyl (C=O) groups excluding carboxylic acids is 1. The Morgan fingerprint density at radius 2 is 1.59 bits per heavy atom. The number of nitrogens with zero attached hydrogens (tertiary/aromatic N) is 2. The second-order valence-electron chi connectivity index (χ2n) is 6.03. The van der Waals surface area contributed by atoms with E-state index in [1.54, 1.807) is 64.7 Å². The number of ether oxygens (including phenoxy) is 3. The molecule has 0 atom stereocenters. The van der Waals surface area contributed by atoms with E-state index in [1.165, 1.54) is 0 Å². The molecule has 29 heavy (non-hydrogen) atoms. The largest absolute Gasteiger partial charge is 0.497 e. The van der Waals surface area contributed by atoms with Crippen molar-refractivity contribution in [1.82, 2.24) is 9.97 Å². The maximum atomic E-state index is 12.7. The van der Waals surface area contributed by atoms with Gasteiger partial charge in [-0.05, 0) is 31.2 Å². The molecule has 0 saturated heterocycles. The van der Waals surface area contributed by atoms with Gasteiger partial charge in [-0.1, -0.05) is 12.1 Å². The van der Waals surface area contributed by atoms with Crippen LogP contribution in [0.1, 0.15) is 16.3 Å². The van der Waals surface area contributed by atoms with E-state index in [4.69, 9.17) is 14.2 Å². The van der Waals surface area contributed by atoms with Gasteiger partial charge in [0.1, 0.15) is 34.6 Å². The molecule has 0 aliphatic heterocycles. The lowest BCUT2D eigenvalue weighted by molar-refractivity contribution is 0.102. The fourth-order valence-electron chi connectivity index (χ4n) is 2.73. The Morgan fingerprint density at radius 3 is 2.31 bits per heavy atom. The van der Waals surface area contributed by atoms with Gasteiger partial charge in [-0.3, -0.25) is 4.79 Å². The third kappa shape index (κ3) is 4.73. The lowest BCUT2D eigenvalue weighted by Crippen LogP contribution is -2.16.